The van der Waals surface area contributed by atoms with Crippen LogP contribution in [0.3, 0.4) is 0 Å². The van der Waals surface area contributed by atoms with Gasteiger partial charge in [0.15, 0.2) is 4.80 Å². The SMILES string of the molecule is CCCC1=C(C(=O)OCC)C(c2cccs2)n2c(s/c(=C\c3ccc(Cl)cc3)c2=O)=N1. The largest absolute Gasteiger partial charge is 0.463 e. The minimum atomic E-state index is -0.538. The number of nitrogens with zero attached hydrogens (tertiary/aromatic N) is 2. The molecule has 1 aliphatic heterocycles. The topological polar surface area (TPSA) is 60.7 Å². The predicted octanol–water partition coefficient (Wildman–Crippen LogP) is 4.29. The van der Waals surface area contributed by atoms with Gasteiger partial charge in [-0.1, -0.05) is 54.5 Å². The van der Waals surface area contributed by atoms with Crippen molar-refractivity contribution in [3.63, 3.8) is 0 Å². The van der Waals surface area contributed by atoms with Gasteiger partial charge < -0.3 is 4.74 Å². The maximum atomic E-state index is 13.5. The minimum absolute atomic E-state index is 0.172. The summed E-state index contributed by atoms with van der Waals surface area (Å²) in [5.74, 6) is -0.417. The van der Waals surface area contributed by atoms with E-state index in [1.54, 1.807) is 23.6 Å². The maximum absolute atomic E-state index is 13.5. The van der Waals surface area contributed by atoms with E-state index >= 15 is 0 Å². The molecule has 0 amide bonds. The number of thiazole rings is 1. The molecule has 5 nitrogen and oxygen atoms in total. The third-order valence-electron chi connectivity index (χ3n) is 4.87. The highest BCUT2D eigenvalue weighted by Crippen LogP contribution is 2.34. The molecule has 1 atom stereocenters. The average molecular weight is 473 g/mol. The van der Waals surface area contributed by atoms with Crippen LogP contribution in [-0.2, 0) is 9.53 Å². The van der Waals surface area contributed by atoms with Crippen LogP contribution in [0.15, 0.2) is 62.8 Å². The molecule has 3 heterocycles. The van der Waals surface area contributed by atoms with Crippen LogP contribution >= 0.6 is 34.3 Å². The van der Waals surface area contributed by atoms with Crippen molar-refractivity contribution in [3.8, 4) is 0 Å². The Morgan fingerprint density at radius 1 is 1.26 bits per heavy atom. The summed E-state index contributed by atoms with van der Waals surface area (Å²) < 4.78 is 7.56. The van der Waals surface area contributed by atoms with Gasteiger partial charge in [0.2, 0.25) is 0 Å². The lowest BCUT2D eigenvalue weighted by Gasteiger charge is -2.24. The summed E-state index contributed by atoms with van der Waals surface area (Å²) in [4.78, 5) is 32.7. The van der Waals surface area contributed by atoms with E-state index in [0.717, 1.165) is 16.9 Å². The summed E-state index contributed by atoms with van der Waals surface area (Å²) in [6.45, 7) is 4.08. The first-order valence-electron chi connectivity index (χ1n) is 10.0. The zero-order valence-electron chi connectivity index (χ0n) is 17.1. The van der Waals surface area contributed by atoms with E-state index in [4.69, 9.17) is 21.3 Å². The normalized spacial score (nSPS) is 16.2. The number of allylic oxidation sites excluding steroid dienone is 1. The third-order valence-corrected chi connectivity index (χ3v) is 7.03. The summed E-state index contributed by atoms with van der Waals surface area (Å²) in [7, 11) is 0. The molecule has 8 heteroatoms. The van der Waals surface area contributed by atoms with Gasteiger partial charge in [0.25, 0.3) is 5.56 Å². The quantitative estimate of drug-likeness (QED) is 0.503. The lowest BCUT2D eigenvalue weighted by atomic mass is 9.99. The molecule has 160 valence electrons. The Morgan fingerprint density at radius 2 is 2.03 bits per heavy atom. The van der Waals surface area contributed by atoms with Crippen LogP contribution in [-0.4, -0.2) is 17.1 Å². The van der Waals surface area contributed by atoms with Crippen LogP contribution in [0, 0.1) is 0 Å². The molecule has 1 unspecified atom stereocenters. The lowest BCUT2D eigenvalue weighted by molar-refractivity contribution is -0.139. The number of ether oxygens (including phenoxy) is 1. The summed E-state index contributed by atoms with van der Waals surface area (Å²) in [5, 5.41) is 2.58. The van der Waals surface area contributed by atoms with Crippen molar-refractivity contribution in [3.05, 3.63) is 88.2 Å². The van der Waals surface area contributed by atoms with Gasteiger partial charge in [0.05, 0.1) is 22.4 Å². The van der Waals surface area contributed by atoms with E-state index < -0.39 is 12.0 Å². The van der Waals surface area contributed by atoms with Crippen molar-refractivity contribution in [2.75, 3.05) is 6.61 Å². The lowest BCUT2D eigenvalue weighted by Crippen LogP contribution is -2.39. The molecule has 3 aromatic rings. The maximum Gasteiger partial charge on any atom is 0.338 e. The smallest absolute Gasteiger partial charge is 0.338 e. The van der Waals surface area contributed by atoms with Crippen LogP contribution in [0.2, 0.25) is 5.02 Å². The summed E-state index contributed by atoms with van der Waals surface area (Å²) in [5.41, 5.74) is 1.85. The molecule has 4 rings (SSSR count). The Balaban J connectivity index is 1.96. The molecule has 1 aliphatic rings. The fourth-order valence-electron chi connectivity index (χ4n) is 3.55. The number of hydrogen-bond donors (Lipinski definition) is 0. The number of hydrogen-bond acceptors (Lipinski definition) is 6. The second-order valence-electron chi connectivity index (χ2n) is 6.98. The van der Waals surface area contributed by atoms with E-state index in [-0.39, 0.29) is 12.2 Å². The van der Waals surface area contributed by atoms with Gasteiger partial charge in [0.1, 0.15) is 6.04 Å². The Kier molecular flexibility index (Phi) is 6.55. The molecule has 1 aromatic carbocycles. The first-order valence-corrected chi connectivity index (χ1v) is 12.1. The minimum Gasteiger partial charge on any atom is -0.463 e. The van der Waals surface area contributed by atoms with Gasteiger partial charge in [-0.25, -0.2) is 9.79 Å². The van der Waals surface area contributed by atoms with Gasteiger partial charge >= 0.3 is 5.97 Å². The molecular formula is C23H21ClN2O3S2. The van der Waals surface area contributed by atoms with Gasteiger partial charge in [-0.2, -0.15) is 0 Å². The van der Waals surface area contributed by atoms with Gasteiger partial charge in [0, 0.05) is 9.90 Å². The van der Waals surface area contributed by atoms with Crippen LogP contribution in [0.5, 0.6) is 0 Å². The van der Waals surface area contributed by atoms with Crippen LogP contribution in [0.25, 0.3) is 6.08 Å². The van der Waals surface area contributed by atoms with Crippen molar-refractivity contribution in [1.82, 2.24) is 4.57 Å². The summed E-state index contributed by atoms with van der Waals surface area (Å²) >= 11 is 8.83. The van der Waals surface area contributed by atoms with Gasteiger partial charge in [-0.15, -0.1) is 11.3 Å². The van der Waals surface area contributed by atoms with Crippen LogP contribution in [0.1, 0.15) is 43.2 Å². The number of halogens is 1. The molecule has 0 spiro atoms. The number of thiophene rings is 1. The van der Waals surface area contributed by atoms with E-state index in [1.165, 1.54) is 22.7 Å². The summed E-state index contributed by atoms with van der Waals surface area (Å²) in [6, 6.07) is 10.6. The highest BCUT2D eigenvalue weighted by Gasteiger charge is 2.34. The molecule has 0 saturated heterocycles. The van der Waals surface area contributed by atoms with E-state index in [1.807, 2.05) is 42.6 Å². The second kappa shape index (κ2) is 9.34. The van der Waals surface area contributed by atoms with Gasteiger partial charge in [-0.3, -0.25) is 9.36 Å². The van der Waals surface area contributed by atoms with Gasteiger partial charge in [-0.05, 0) is 48.6 Å². The monoisotopic (exact) mass is 472 g/mol. The van der Waals surface area contributed by atoms with Crippen molar-refractivity contribution >= 4 is 46.3 Å². The van der Waals surface area contributed by atoms with Crippen LogP contribution in [0.4, 0.5) is 0 Å². The number of benzene rings is 1. The Bertz CT molecular complexity index is 1300. The number of carbonyl (C=O) groups excluding carboxylic acids is 1. The average Bonchev–Trinajstić information content (AvgIpc) is 3.38. The number of esters is 1. The Labute approximate surface area is 192 Å². The number of aromatic nitrogens is 1. The molecule has 2 aromatic heterocycles. The zero-order chi connectivity index (χ0) is 22.0. The molecule has 31 heavy (non-hydrogen) atoms. The molecular weight excluding hydrogens is 452 g/mol. The first kappa shape index (κ1) is 21.7. The molecule has 0 bridgehead atoms. The number of fused-ring (bicyclic) bond motifs is 1. The predicted molar refractivity (Wildman–Crippen MR) is 125 cm³/mol. The van der Waals surface area contributed by atoms with Crippen molar-refractivity contribution in [2.45, 2.75) is 32.7 Å². The van der Waals surface area contributed by atoms with E-state index in [9.17, 15) is 9.59 Å². The van der Waals surface area contributed by atoms with Crippen molar-refractivity contribution in [1.29, 1.82) is 0 Å². The van der Waals surface area contributed by atoms with Crippen LogP contribution < -0.4 is 14.9 Å². The zero-order valence-corrected chi connectivity index (χ0v) is 19.5. The van der Waals surface area contributed by atoms with Crippen molar-refractivity contribution in [2.24, 2.45) is 4.99 Å². The van der Waals surface area contributed by atoms with Crippen molar-refractivity contribution < 1.29 is 9.53 Å². The highest BCUT2D eigenvalue weighted by molar-refractivity contribution is 7.10. The fourth-order valence-corrected chi connectivity index (χ4v) is 5.52. The second-order valence-corrected chi connectivity index (χ2v) is 9.41. The Morgan fingerprint density at radius 3 is 2.68 bits per heavy atom. The molecule has 0 radical (unpaired) electrons. The summed E-state index contributed by atoms with van der Waals surface area (Å²) in [6.07, 6.45) is 3.30. The van der Waals surface area contributed by atoms with E-state index in [0.29, 0.717) is 32.0 Å². The molecule has 0 fully saturated rings. The third kappa shape index (κ3) is 4.31. The Hall–Kier alpha value is -2.48. The number of rotatable bonds is 6. The van der Waals surface area contributed by atoms with E-state index in [2.05, 4.69) is 0 Å². The fraction of sp³-hybridized carbons (Fsp3) is 0.261. The molecule has 0 saturated carbocycles. The highest BCUT2D eigenvalue weighted by atomic mass is 35.5. The molecule has 0 N–H and O–H groups in total. The first-order chi connectivity index (χ1) is 15.0. The molecule has 0 aliphatic carbocycles. The standard InChI is InChI=1S/C23H21ClN2O3S2/c1-3-6-16-19(22(28)29-4-2)20(17-7-5-12-30-17)26-21(27)18(31-23(26)25-16)13-14-8-10-15(24)11-9-14/h5,7-13,20H,3-4,6H2,1-2H3/b18-13-. The number of carbonyl (C=O) groups is 1.